The quantitative estimate of drug-likeness (QED) is 0.315. The molecule has 2 heteroatoms. The summed E-state index contributed by atoms with van der Waals surface area (Å²) in [6.07, 6.45) is 13.2. The van der Waals surface area contributed by atoms with Gasteiger partial charge in [0.25, 0.3) is 0 Å². The second kappa shape index (κ2) is 5.14. The fraction of sp³-hybridized carbons (Fsp3) is 0.733. The van der Waals surface area contributed by atoms with E-state index in [-0.39, 0.29) is 6.10 Å². The van der Waals surface area contributed by atoms with E-state index >= 15 is 0 Å². The molecule has 1 fully saturated rings. The Hall–Kier alpha value is -0.940. The van der Waals surface area contributed by atoms with Crippen LogP contribution < -0.4 is 0 Å². The Bertz CT molecular complexity index is 339. The summed E-state index contributed by atoms with van der Waals surface area (Å²) in [5.74, 6) is 2.50. The van der Waals surface area contributed by atoms with Gasteiger partial charge in [-0.2, -0.15) is 4.89 Å². The lowest BCUT2D eigenvalue weighted by Crippen LogP contribution is -2.39. The minimum atomic E-state index is 0.128. The van der Waals surface area contributed by atoms with Crippen molar-refractivity contribution < 1.29 is 9.78 Å². The second-order valence-corrected chi connectivity index (χ2v) is 5.84. The Morgan fingerprint density at radius 3 is 2.76 bits per heavy atom. The first-order valence-electron chi connectivity index (χ1n) is 6.60. The van der Waals surface area contributed by atoms with Gasteiger partial charge in [0.1, 0.15) is 6.10 Å². The van der Waals surface area contributed by atoms with Crippen molar-refractivity contribution in [1.29, 1.82) is 0 Å². The van der Waals surface area contributed by atoms with Crippen molar-refractivity contribution in [1.82, 2.24) is 0 Å². The molecule has 5 atom stereocenters. The highest BCUT2D eigenvalue weighted by Gasteiger charge is 2.40. The SMILES string of the molecule is C#COOC1CC(C)CC2=CC(C)CC(C)C21. The summed E-state index contributed by atoms with van der Waals surface area (Å²) in [6.45, 7) is 6.89. The largest absolute Gasteiger partial charge is 0.282 e. The first-order chi connectivity index (χ1) is 8.11. The van der Waals surface area contributed by atoms with Crippen molar-refractivity contribution in [3.8, 4) is 12.5 Å². The number of allylic oxidation sites excluding steroid dienone is 1. The average Bonchev–Trinajstić information content (AvgIpc) is 2.24. The van der Waals surface area contributed by atoms with Crippen LogP contribution in [0.4, 0.5) is 0 Å². The summed E-state index contributed by atoms with van der Waals surface area (Å²) in [5.41, 5.74) is 1.56. The lowest BCUT2D eigenvalue weighted by atomic mass is 9.66. The van der Waals surface area contributed by atoms with E-state index in [9.17, 15) is 0 Å². The summed E-state index contributed by atoms with van der Waals surface area (Å²) in [4.78, 5) is 10.1. The maximum atomic E-state index is 5.40. The van der Waals surface area contributed by atoms with Gasteiger partial charge in [0, 0.05) is 5.92 Å². The summed E-state index contributed by atoms with van der Waals surface area (Å²) in [6, 6.07) is 0. The zero-order valence-corrected chi connectivity index (χ0v) is 11.0. The van der Waals surface area contributed by atoms with Gasteiger partial charge in [-0.25, -0.2) is 0 Å². The molecule has 2 rings (SSSR count). The molecule has 2 aliphatic carbocycles. The molecule has 5 unspecified atom stereocenters. The molecule has 0 aliphatic heterocycles. The summed E-state index contributed by atoms with van der Waals surface area (Å²) < 4.78 is 0. The molecule has 94 valence electrons. The highest BCUT2D eigenvalue weighted by molar-refractivity contribution is 5.18. The van der Waals surface area contributed by atoms with E-state index in [4.69, 9.17) is 16.2 Å². The fourth-order valence-corrected chi connectivity index (χ4v) is 3.67. The van der Waals surface area contributed by atoms with Crippen molar-refractivity contribution in [3.63, 3.8) is 0 Å². The fourth-order valence-electron chi connectivity index (χ4n) is 3.67. The first kappa shape index (κ1) is 12.5. The van der Waals surface area contributed by atoms with E-state index in [0.29, 0.717) is 23.7 Å². The van der Waals surface area contributed by atoms with Crippen LogP contribution in [0.15, 0.2) is 11.6 Å². The number of fused-ring (bicyclic) bond motifs is 1. The average molecular weight is 234 g/mol. The Morgan fingerprint density at radius 1 is 1.29 bits per heavy atom. The molecule has 17 heavy (non-hydrogen) atoms. The van der Waals surface area contributed by atoms with Gasteiger partial charge in [-0.1, -0.05) is 38.8 Å². The number of hydrogen-bond donors (Lipinski definition) is 0. The van der Waals surface area contributed by atoms with Crippen LogP contribution >= 0.6 is 0 Å². The van der Waals surface area contributed by atoms with Crippen LogP contribution in [0.5, 0.6) is 0 Å². The molecular formula is C15H22O2. The van der Waals surface area contributed by atoms with Crippen LogP contribution in [0, 0.1) is 36.2 Å². The lowest BCUT2D eigenvalue weighted by Gasteiger charge is -2.42. The Kier molecular flexibility index (Phi) is 3.79. The molecule has 0 heterocycles. The second-order valence-electron chi connectivity index (χ2n) is 5.84. The summed E-state index contributed by atoms with van der Waals surface area (Å²) in [5, 5.41) is 0. The van der Waals surface area contributed by atoms with Gasteiger partial charge in [-0.05, 0) is 37.0 Å². The topological polar surface area (TPSA) is 18.5 Å². The minimum Gasteiger partial charge on any atom is -0.282 e. The van der Waals surface area contributed by atoms with Crippen LogP contribution in [-0.4, -0.2) is 6.10 Å². The van der Waals surface area contributed by atoms with Crippen molar-refractivity contribution in [2.75, 3.05) is 0 Å². The molecule has 0 spiro atoms. The minimum absolute atomic E-state index is 0.128. The molecule has 0 N–H and O–H groups in total. The van der Waals surface area contributed by atoms with Gasteiger partial charge in [-0.15, -0.1) is 0 Å². The third kappa shape index (κ3) is 2.66. The Morgan fingerprint density at radius 2 is 2.06 bits per heavy atom. The maximum absolute atomic E-state index is 5.40. The molecule has 1 saturated carbocycles. The smallest absolute Gasteiger partial charge is 0.153 e. The van der Waals surface area contributed by atoms with Crippen molar-refractivity contribution in [2.24, 2.45) is 23.7 Å². The number of terminal acetylenes is 1. The molecule has 2 nitrogen and oxygen atoms in total. The monoisotopic (exact) mass is 234 g/mol. The van der Waals surface area contributed by atoms with E-state index in [1.165, 1.54) is 12.8 Å². The summed E-state index contributed by atoms with van der Waals surface area (Å²) in [7, 11) is 0. The van der Waals surface area contributed by atoms with Crippen LogP contribution in [0.25, 0.3) is 0 Å². The molecular weight excluding hydrogens is 212 g/mol. The summed E-state index contributed by atoms with van der Waals surface area (Å²) >= 11 is 0. The van der Waals surface area contributed by atoms with E-state index in [1.54, 1.807) is 5.57 Å². The van der Waals surface area contributed by atoms with Crippen molar-refractivity contribution in [3.05, 3.63) is 11.6 Å². The van der Waals surface area contributed by atoms with Gasteiger partial charge >= 0.3 is 0 Å². The molecule has 0 amide bonds. The third-order valence-corrected chi connectivity index (χ3v) is 4.12. The molecule has 0 bridgehead atoms. The van der Waals surface area contributed by atoms with Gasteiger partial charge in [-0.3, -0.25) is 4.89 Å². The van der Waals surface area contributed by atoms with Crippen molar-refractivity contribution >= 4 is 0 Å². The molecule has 0 saturated heterocycles. The van der Waals surface area contributed by atoms with Gasteiger partial charge in [0.05, 0.1) is 0 Å². The van der Waals surface area contributed by atoms with E-state index < -0.39 is 0 Å². The van der Waals surface area contributed by atoms with Crippen LogP contribution in [0.2, 0.25) is 0 Å². The zero-order valence-electron chi connectivity index (χ0n) is 11.0. The lowest BCUT2D eigenvalue weighted by molar-refractivity contribution is -0.291. The third-order valence-electron chi connectivity index (χ3n) is 4.12. The van der Waals surface area contributed by atoms with Crippen LogP contribution in [-0.2, 0) is 9.78 Å². The van der Waals surface area contributed by atoms with Gasteiger partial charge < -0.3 is 0 Å². The molecule has 0 radical (unpaired) electrons. The normalized spacial score (nSPS) is 41.1. The molecule has 2 aliphatic rings. The van der Waals surface area contributed by atoms with E-state index in [2.05, 4.69) is 33.0 Å². The number of hydrogen-bond acceptors (Lipinski definition) is 2. The molecule has 0 aromatic heterocycles. The van der Waals surface area contributed by atoms with Gasteiger partial charge in [0.2, 0.25) is 0 Å². The zero-order chi connectivity index (χ0) is 12.4. The molecule has 0 aromatic rings. The molecule has 0 aromatic carbocycles. The van der Waals surface area contributed by atoms with E-state index in [0.717, 1.165) is 6.42 Å². The Balaban J connectivity index is 2.17. The van der Waals surface area contributed by atoms with Gasteiger partial charge in [0.15, 0.2) is 6.11 Å². The highest BCUT2D eigenvalue weighted by atomic mass is 17.2. The van der Waals surface area contributed by atoms with Crippen molar-refractivity contribution in [2.45, 2.75) is 46.1 Å². The van der Waals surface area contributed by atoms with Crippen LogP contribution in [0.1, 0.15) is 40.0 Å². The predicted octanol–water partition coefficient (Wildman–Crippen LogP) is 3.54. The highest BCUT2D eigenvalue weighted by Crippen LogP contribution is 2.44. The van der Waals surface area contributed by atoms with E-state index in [1.807, 2.05) is 0 Å². The Labute approximate surface area is 104 Å². The predicted molar refractivity (Wildman–Crippen MR) is 67.7 cm³/mol. The van der Waals surface area contributed by atoms with Crippen LogP contribution in [0.3, 0.4) is 0 Å². The maximum Gasteiger partial charge on any atom is 0.153 e. The standard InChI is InChI=1S/C15H22O2/c1-5-16-17-14-9-11(3)8-13-7-10(2)6-12(4)15(13)14/h1,7,10-12,14-15H,6,8-9H2,2-4H3. The number of rotatable bonds is 2. The first-order valence-corrected chi connectivity index (χ1v) is 6.60.